The van der Waals surface area contributed by atoms with E-state index in [-0.39, 0.29) is 0 Å². The van der Waals surface area contributed by atoms with Gasteiger partial charge in [0.05, 0.1) is 0 Å². The zero-order valence-corrected chi connectivity index (χ0v) is 10.0. The molecule has 0 fully saturated rings. The molecule has 2 N–H and O–H groups in total. The van der Waals surface area contributed by atoms with Crippen LogP contribution in [0.25, 0.3) is 0 Å². The molecule has 0 aliphatic rings. The van der Waals surface area contributed by atoms with E-state index in [1.807, 2.05) is 32.9 Å². The van der Waals surface area contributed by atoms with E-state index in [0.29, 0.717) is 5.69 Å². The smallest absolute Gasteiger partial charge is 0.412 e. The monoisotopic (exact) mass is 237 g/mol. The highest BCUT2D eigenvalue weighted by atomic mass is 16.6. The number of carboxylic acid groups (broad SMARTS) is 1. The van der Waals surface area contributed by atoms with Crippen molar-refractivity contribution < 1.29 is 19.4 Å². The number of anilines is 1. The Kier molecular flexibility index (Phi) is 4.09. The summed E-state index contributed by atoms with van der Waals surface area (Å²) in [5, 5.41) is 10.9. The zero-order chi connectivity index (χ0) is 13.0. The average molecular weight is 237 g/mol. The Morgan fingerprint density at radius 3 is 2.24 bits per heavy atom. The van der Waals surface area contributed by atoms with Crippen molar-refractivity contribution in [2.24, 2.45) is 0 Å². The summed E-state index contributed by atoms with van der Waals surface area (Å²) in [6.45, 7) is 5.06. The van der Waals surface area contributed by atoms with Gasteiger partial charge in [-0.2, -0.15) is 0 Å². The minimum Gasteiger partial charge on any atom is -0.479 e. The van der Waals surface area contributed by atoms with Gasteiger partial charge in [0.25, 0.3) is 0 Å². The fourth-order valence-electron chi connectivity index (χ4n) is 1.64. The van der Waals surface area contributed by atoms with E-state index in [0.717, 1.165) is 16.7 Å². The molecule has 5 nitrogen and oxygen atoms in total. The van der Waals surface area contributed by atoms with Gasteiger partial charge in [-0.1, -0.05) is 17.7 Å². The Morgan fingerprint density at radius 1 is 1.24 bits per heavy atom. The van der Waals surface area contributed by atoms with Crippen LogP contribution in [0.15, 0.2) is 12.1 Å². The van der Waals surface area contributed by atoms with Crippen molar-refractivity contribution in [3.8, 4) is 0 Å². The first-order valence-electron chi connectivity index (χ1n) is 5.13. The molecule has 0 unspecified atom stereocenters. The molecule has 0 aromatic heterocycles. The van der Waals surface area contributed by atoms with Crippen molar-refractivity contribution in [3.63, 3.8) is 0 Å². The largest absolute Gasteiger partial charge is 0.479 e. The maximum Gasteiger partial charge on any atom is 0.412 e. The van der Waals surface area contributed by atoms with Crippen molar-refractivity contribution >= 4 is 17.7 Å². The Balaban J connectivity index is 2.75. The quantitative estimate of drug-likeness (QED) is 0.845. The highest BCUT2D eigenvalue weighted by molar-refractivity contribution is 5.88. The summed E-state index contributed by atoms with van der Waals surface area (Å²) >= 11 is 0. The number of hydrogen-bond acceptors (Lipinski definition) is 3. The van der Waals surface area contributed by atoms with Crippen molar-refractivity contribution in [3.05, 3.63) is 28.8 Å². The Labute approximate surface area is 99.4 Å². The number of amides is 1. The number of carboxylic acids is 1. The molecule has 0 aliphatic carbocycles. The number of aliphatic carboxylic acids is 1. The molecular formula is C12H15NO4. The van der Waals surface area contributed by atoms with Gasteiger partial charge in [-0.15, -0.1) is 0 Å². The van der Waals surface area contributed by atoms with E-state index in [9.17, 15) is 9.59 Å². The van der Waals surface area contributed by atoms with Crippen LogP contribution in [-0.4, -0.2) is 23.8 Å². The molecule has 92 valence electrons. The van der Waals surface area contributed by atoms with Crippen molar-refractivity contribution in [1.29, 1.82) is 0 Å². The minimum atomic E-state index is -1.18. The predicted octanol–water partition coefficient (Wildman–Crippen LogP) is 2.24. The van der Waals surface area contributed by atoms with E-state index in [1.165, 1.54) is 0 Å². The van der Waals surface area contributed by atoms with Crippen LogP contribution in [0.3, 0.4) is 0 Å². The van der Waals surface area contributed by atoms with Gasteiger partial charge in [-0.3, -0.25) is 5.32 Å². The summed E-state index contributed by atoms with van der Waals surface area (Å²) in [7, 11) is 0. The van der Waals surface area contributed by atoms with Crippen molar-refractivity contribution in [2.75, 3.05) is 11.9 Å². The summed E-state index contributed by atoms with van der Waals surface area (Å²) in [5.74, 6) is -1.18. The number of nitrogens with one attached hydrogen (secondary N) is 1. The lowest BCUT2D eigenvalue weighted by atomic mass is 10.1. The lowest BCUT2D eigenvalue weighted by Gasteiger charge is -2.12. The van der Waals surface area contributed by atoms with Crippen LogP contribution in [0.2, 0.25) is 0 Å². The highest BCUT2D eigenvalue weighted by Gasteiger charge is 2.10. The summed E-state index contributed by atoms with van der Waals surface area (Å²) in [4.78, 5) is 21.5. The molecule has 1 amide bonds. The van der Waals surface area contributed by atoms with Crippen molar-refractivity contribution in [2.45, 2.75) is 20.8 Å². The number of rotatable bonds is 3. The molecular weight excluding hydrogens is 222 g/mol. The second-order valence-electron chi connectivity index (χ2n) is 3.87. The van der Waals surface area contributed by atoms with Gasteiger partial charge in [-0.05, 0) is 31.9 Å². The van der Waals surface area contributed by atoms with Crippen LogP contribution in [0.4, 0.5) is 10.5 Å². The normalized spacial score (nSPS) is 9.82. The van der Waals surface area contributed by atoms with Gasteiger partial charge in [0.15, 0.2) is 6.61 Å². The lowest BCUT2D eigenvalue weighted by molar-refractivity contribution is -0.140. The van der Waals surface area contributed by atoms with Crippen molar-refractivity contribution in [1.82, 2.24) is 0 Å². The fourth-order valence-corrected chi connectivity index (χ4v) is 1.64. The number of carbonyl (C=O) groups excluding carboxylic acids is 1. The molecule has 0 spiro atoms. The van der Waals surface area contributed by atoms with E-state index >= 15 is 0 Å². The van der Waals surface area contributed by atoms with E-state index < -0.39 is 18.7 Å². The molecule has 0 aliphatic heterocycles. The lowest BCUT2D eigenvalue weighted by Crippen LogP contribution is -2.19. The molecule has 0 saturated carbocycles. The Hall–Kier alpha value is -2.04. The summed E-state index contributed by atoms with van der Waals surface area (Å²) in [5.41, 5.74) is 3.58. The Bertz CT molecular complexity index is 431. The molecule has 0 bridgehead atoms. The van der Waals surface area contributed by atoms with Gasteiger partial charge in [-0.25, -0.2) is 9.59 Å². The van der Waals surface area contributed by atoms with Gasteiger partial charge < -0.3 is 9.84 Å². The summed E-state index contributed by atoms with van der Waals surface area (Å²) in [6, 6.07) is 3.86. The zero-order valence-electron chi connectivity index (χ0n) is 10.0. The number of hydrogen-bond donors (Lipinski definition) is 2. The van der Waals surface area contributed by atoms with Crippen LogP contribution in [0, 0.1) is 20.8 Å². The number of ether oxygens (including phenoxy) is 1. The third kappa shape index (κ3) is 3.79. The molecule has 5 heteroatoms. The highest BCUT2D eigenvalue weighted by Crippen LogP contribution is 2.21. The molecule has 0 atom stereocenters. The Morgan fingerprint density at radius 2 is 1.76 bits per heavy atom. The first kappa shape index (κ1) is 13.0. The first-order valence-corrected chi connectivity index (χ1v) is 5.13. The second-order valence-corrected chi connectivity index (χ2v) is 3.87. The molecule has 1 rings (SSSR count). The van der Waals surface area contributed by atoms with Crippen LogP contribution in [0.1, 0.15) is 16.7 Å². The van der Waals surface area contributed by atoms with Crippen LogP contribution in [-0.2, 0) is 9.53 Å². The number of aryl methyl sites for hydroxylation is 3. The van der Waals surface area contributed by atoms with Gasteiger partial charge in [0, 0.05) is 5.69 Å². The topological polar surface area (TPSA) is 75.6 Å². The van der Waals surface area contributed by atoms with Gasteiger partial charge in [0.2, 0.25) is 0 Å². The predicted molar refractivity (Wildman–Crippen MR) is 63.3 cm³/mol. The summed E-state index contributed by atoms with van der Waals surface area (Å²) in [6.07, 6.45) is -0.762. The fraction of sp³-hybridized carbons (Fsp3) is 0.333. The van der Waals surface area contributed by atoms with Gasteiger partial charge in [0.1, 0.15) is 0 Å². The molecule has 1 aromatic carbocycles. The molecule has 0 heterocycles. The van der Waals surface area contributed by atoms with Crippen LogP contribution in [0.5, 0.6) is 0 Å². The van der Waals surface area contributed by atoms with E-state index in [2.05, 4.69) is 10.1 Å². The van der Waals surface area contributed by atoms with Crippen LogP contribution >= 0.6 is 0 Å². The maximum absolute atomic E-state index is 11.3. The van der Waals surface area contributed by atoms with Crippen LogP contribution < -0.4 is 5.32 Å². The average Bonchev–Trinajstić information content (AvgIpc) is 2.20. The van der Waals surface area contributed by atoms with Gasteiger partial charge >= 0.3 is 12.1 Å². The van der Waals surface area contributed by atoms with E-state index in [4.69, 9.17) is 5.11 Å². The second kappa shape index (κ2) is 5.34. The third-order valence-electron chi connectivity index (χ3n) is 2.23. The standard InChI is InChI=1S/C12H15NO4/c1-7-4-8(2)11(9(3)5-7)13-12(16)17-6-10(14)15/h4-5H,6H2,1-3H3,(H,13,16)(H,14,15). The molecule has 0 radical (unpaired) electrons. The first-order chi connectivity index (χ1) is 7.90. The molecule has 1 aromatic rings. The minimum absolute atomic E-state index is 0.643. The summed E-state index contributed by atoms with van der Waals surface area (Å²) < 4.78 is 4.50. The van der Waals surface area contributed by atoms with E-state index in [1.54, 1.807) is 0 Å². The third-order valence-corrected chi connectivity index (χ3v) is 2.23. The number of carbonyl (C=O) groups is 2. The molecule has 0 saturated heterocycles. The number of benzene rings is 1. The maximum atomic E-state index is 11.3. The molecule has 17 heavy (non-hydrogen) atoms. The SMILES string of the molecule is Cc1cc(C)c(NC(=O)OCC(=O)O)c(C)c1.